The summed E-state index contributed by atoms with van der Waals surface area (Å²) < 4.78 is 19.4. The first-order chi connectivity index (χ1) is 11.5. The fourth-order valence-electron chi connectivity index (χ4n) is 2.90. The van der Waals surface area contributed by atoms with E-state index in [9.17, 15) is 14.0 Å². The van der Waals surface area contributed by atoms with Gasteiger partial charge < -0.3 is 14.6 Å². The predicted octanol–water partition coefficient (Wildman–Crippen LogP) is 3.06. The van der Waals surface area contributed by atoms with Gasteiger partial charge in [0.15, 0.2) is 10.4 Å². The van der Waals surface area contributed by atoms with Crippen LogP contribution in [0.4, 0.5) is 4.39 Å². The fourth-order valence-corrected chi connectivity index (χ4v) is 3.21. The summed E-state index contributed by atoms with van der Waals surface area (Å²) in [5, 5.41) is 2.87. The number of nitrogens with one attached hydrogen (secondary N) is 1. The highest BCUT2D eigenvalue weighted by Crippen LogP contribution is 2.32. The average molecular weight is 395 g/mol. The van der Waals surface area contributed by atoms with Crippen LogP contribution < -0.4 is 5.32 Å². The van der Waals surface area contributed by atoms with Crippen LogP contribution in [0.1, 0.15) is 34.1 Å². The molecule has 1 aliphatic rings. The van der Waals surface area contributed by atoms with Crippen molar-refractivity contribution in [2.24, 2.45) is 0 Å². The molecule has 0 bridgehead atoms. The number of carbonyl (C=O) groups excluding carboxylic acids is 2. The lowest BCUT2D eigenvalue weighted by Gasteiger charge is -2.18. The number of hydrogen-bond donors (Lipinski definition) is 1. The van der Waals surface area contributed by atoms with Crippen molar-refractivity contribution in [1.29, 1.82) is 0 Å². The minimum Gasteiger partial charge on any atom is -0.444 e. The molecule has 1 aromatic carbocycles. The van der Waals surface area contributed by atoms with Crippen molar-refractivity contribution in [3.05, 3.63) is 57.7 Å². The van der Waals surface area contributed by atoms with E-state index in [0.717, 1.165) is 5.56 Å². The molecule has 126 valence electrons. The Hall–Kier alpha value is -2.15. The van der Waals surface area contributed by atoms with Crippen LogP contribution >= 0.6 is 15.9 Å². The summed E-state index contributed by atoms with van der Waals surface area (Å²) in [6, 6.07) is 7.83. The molecule has 0 saturated carbocycles. The summed E-state index contributed by atoms with van der Waals surface area (Å²) >= 11 is 3.13. The van der Waals surface area contributed by atoms with E-state index in [4.69, 9.17) is 4.42 Å². The van der Waals surface area contributed by atoms with Crippen molar-refractivity contribution in [2.75, 3.05) is 13.6 Å². The lowest BCUT2D eigenvalue weighted by atomic mass is 10.1. The van der Waals surface area contributed by atoms with Gasteiger partial charge in [-0.25, -0.2) is 4.39 Å². The van der Waals surface area contributed by atoms with Gasteiger partial charge in [-0.3, -0.25) is 9.59 Å². The number of halogens is 2. The summed E-state index contributed by atoms with van der Waals surface area (Å²) in [6.45, 7) is -0.0989. The Morgan fingerprint density at radius 2 is 2.17 bits per heavy atom. The first-order valence-corrected chi connectivity index (χ1v) is 8.32. The van der Waals surface area contributed by atoms with Gasteiger partial charge in [0.1, 0.15) is 5.82 Å². The molecule has 1 N–H and O–H groups in total. The average Bonchev–Trinajstić information content (AvgIpc) is 3.14. The second kappa shape index (κ2) is 6.76. The molecule has 24 heavy (non-hydrogen) atoms. The summed E-state index contributed by atoms with van der Waals surface area (Å²) in [5.41, 5.74) is 1.47. The molecule has 7 heteroatoms. The first-order valence-electron chi connectivity index (χ1n) is 7.53. The van der Waals surface area contributed by atoms with Crippen LogP contribution in [-0.2, 0) is 11.2 Å². The Bertz CT molecular complexity index is 790. The number of likely N-dealkylation sites (N-methyl/N-ethyl adjacent to an activating group) is 1. The van der Waals surface area contributed by atoms with Crippen LogP contribution in [-0.4, -0.2) is 30.3 Å². The first kappa shape index (κ1) is 16.7. The Kier molecular flexibility index (Phi) is 4.71. The SMILES string of the molecule is CN(CC(=O)N[C@@H]1CCc2c(F)cccc21)C(=O)c1ccc(Br)o1. The van der Waals surface area contributed by atoms with Gasteiger partial charge in [-0.05, 0) is 58.1 Å². The molecule has 2 amide bonds. The smallest absolute Gasteiger partial charge is 0.289 e. The molecular formula is C17H16BrFN2O3. The van der Waals surface area contributed by atoms with Gasteiger partial charge in [-0.15, -0.1) is 0 Å². The third-order valence-electron chi connectivity index (χ3n) is 4.06. The van der Waals surface area contributed by atoms with E-state index in [1.165, 1.54) is 24.1 Å². The highest BCUT2D eigenvalue weighted by molar-refractivity contribution is 9.10. The normalized spacial score (nSPS) is 15.9. The number of carbonyl (C=O) groups is 2. The van der Waals surface area contributed by atoms with Crippen LogP contribution in [0.3, 0.4) is 0 Å². The molecule has 2 aromatic rings. The zero-order valence-corrected chi connectivity index (χ0v) is 14.6. The standard InChI is InChI=1S/C17H16BrFN2O3/c1-21(17(23)14-7-8-15(18)24-14)9-16(22)20-13-6-5-10-11(13)3-2-4-12(10)19/h2-4,7-8,13H,5-6,9H2,1H3,(H,20,22)/t13-/m1/s1. The number of nitrogens with zero attached hydrogens (tertiary/aromatic N) is 1. The van der Waals surface area contributed by atoms with E-state index in [2.05, 4.69) is 21.2 Å². The van der Waals surface area contributed by atoms with Gasteiger partial charge in [0.25, 0.3) is 5.91 Å². The third kappa shape index (κ3) is 3.36. The molecule has 0 aliphatic heterocycles. The van der Waals surface area contributed by atoms with Crippen LogP contribution in [0.15, 0.2) is 39.4 Å². The molecular weight excluding hydrogens is 379 g/mol. The summed E-state index contributed by atoms with van der Waals surface area (Å²) in [4.78, 5) is 25.6. The van der Waals surface area contributed by atoms with Gasteiger partial charge in [0.2, 0.25) is 5.91 Å². The largest absolute Gasteiger partial charge is 0.444 e. The summed E-state index contributed by atoms with van der Waals surface area (Å²) in [5.74, 6) is -0.752. The molecule has 3 rings (SSSR count). The van der Waals surface area contributed by atoms with E-state index in [-0.39, 0.29) is 36.0 Å². The number of benzene rings is 1. The minimum atomic E-state index is -0.381. The summed E-state index contributed by atoms with van der Waals surface area (Å²) in [6.07, 6.45) is 1.26. The minimum absolute atomic E-state index is 0.0989. The van der Waals surface area contributed by atoms with Crippen molar-refractivity contribution < 1.29 is 18.4 Å². The number of furan rings is 1. The quantitative estimate of drug-likeness (QED) is 0.866. The molecule has 1 heterocycles. The number of rotatable bonds is 4. The molecule has 0 unspecified atom stereocenters. The molecule has 1 aliphatic carbocycles. The van der Waals surface area contributed by atoms with E-state index in [0.29, 0.717) is 23.1 Å². The van der Waals surface area contributed by atoms with E-state index < -0.39 is 0 Å². The van der Waals surface area contributed by atoms with Crippen LogP contribution in [0.2, 0.25) is 0 Å². The zero-order chi connectivity index (χ0) is 17.3. The Morgan fingerprint density at radius 1 is 1.38 bits per heavy atom. The fraction of sp³-hybridized carbons (Fsp3) is 0.294. The Labute approximate surface area is 146 Å². The maximum absolute atomic E-state index is 13.7. The second-order valence-electron chi connectivity index (χ2n) is 5.73. The molecule has 1 aromatic heterocycles. The van der Waals surface area contributed by atoms with Crippen LogP contribution in [0, 0.1) is 5.82 Å². The lowest BCUT2D eigenvalue weighted by Crippen LogP contribution is -2.39. The number of hydrogen-bond acceptors (Lipinski definition) is 3. The Morgan fingerprint density at radius 3 is 2.88 bits per heavy atom. The van der Waals surface area contributed by atoms with Crippen LogP contribution in [0.25, 0.3) is 0 Å². The zero-order valence-electron chi connectivity index (χ0n) is 13.0. The highest BCUT2D eigenvalue weighted by atomic mass is 79.9. The molecule has 0 fully saturated rings. The number of amides is 2. The monoisotopic (exact) mass is 394 g/mol. The van der Waals surface area contributed by atoms with Crippen molar-refractivity contribution >= 4 is 27.7 Å². The maximum atomic E-state index is 13.7. The van der Waals surface area contributed by atoms with E-state index in [1.54, 1.807) is 12.1 Å². The van der Waals surface area contributed by atoms with Crippen molar-refractivity contribution in [3.8, 4) is 0 Å². The van der Waals surface area contributed by atoms with Crippen molar-refractivity contribution in [2.45, 2.75) is 18.9 Å². The van der Waals surface area contributed by atoms with E-state index in [1.807, 2.05) is 6.07 Å². The second-order valence-corrected chi connectivity index (χ2v) is 6.51. The van der Waals surface area contributed by atoms with Gasteiger partial charge in [0, 0.05) is 7.05 Å². The molecule has 5 nitrogen and oxygen atoms in total. The molecule has 1 atom stereocenters. The van der Waals surface area contributed by atoms with Gasteiger partial charge >= 0.3 is 0 Å². The van der Waals surface area contributed by atoms with E-state index >= 15 is 0 Å². The third-order valence-corrected chi connectivity index (χ3v) is 4.49. The highest BCUT2D eigenvalue weighted by Gasteiger charge is 2.27. The molecule has 0 spiro atoms. The molecule has 0 radical (unpaired) electrons. The van der Waals surface area contributed by atoms with Crippen LogP contribution in [0.5, 0.6) is 0 Å². The maximum Gasteiger partial charge on any atom is 0.289 e. The van der Waals surface area contributed by atoms with Gasteiger partial charge in [-0.1, -0.05) is 12.1 Å². The van der Waals surface area contributed by atoms with Crippen molar-refractivity contribution in [1.82, 2.24) is 10.2 Å². The van der Waals surface area contributed by atoms with Gasteiger partial charge in [-0.2, -0.15) is 0 Å². The number of fused-ring (bicyclic) bond motifs is 1. The topological polar surface area (TPSA) is 62.6 Å². The summed E-state index contributed by atoms with van der Waals surface area (Å²) in [7, 11) is 1.53. The molecule has 0 saturated heterocycles. The Balaban J connectivity index is 1.61. The lowest BCUT2D eigenvalue weighted by molar-refractivity contribution is -0.122. The predicted molar refractivity (Wildman–Crippen MR) is 89.0 cm³/mol. The van der Waals surface area contributed by atoms with Crippen molar-refractivity contribution in [3.63, 3.8) is 0 Å². The van der Waals surface area contributed by atoms with Gasteiger partial charge in [0.05, 0.1) is 12.6 Å².